The van der Waals surface area contributed by atoms with E-state index in [9.17, 15) is 0 Å². The normalized spacial score (nSPS) is 27.6. The minimum absolute atomic E-state index is 0.617. The molecule has 64 valence electrons. The predicted octanol–water partition coefficient (Wildman–Crippen LogP) is 2.36. The predicted molar refractivity (Wildman–Crippen MR) is 50.9 cm³/mol. The molecule has 2 rings (SSSR count). The van der Waals surface area contributed by atoms with E-state index in [0.29, 0.717) is 12.1 Å². The van der Waals surface area contributed by atoms with Crippen LogP contribution in [0.2, 0.25) is 0 Å². The highest BCUT2D eigenvalue weighted by atomic mass is 15.2. The van der Waals surface area contributed by atoms with Gasteiger partial charge in [0.2, 0.25) is 0 Å². The zero-order chi connectivity index (χ0) is 8.55. The Balaban J connectivity index is 2.06. The largest absolute Gasteiger partial charge is 0.304 e. The van der Waals surface area contributed by atoms with Crippen molar-refractivity contribution in [3.63, 3.8) is 0 Å². The zero-order valence-electron chi connectivity index (χ0n) is 7.62. The first-order chi connectivity index (χ1) is 5.79. The van der Waals surface area contributed by atoms with Gasteiger partial charge in [-0.15, -0.1) is 0 Å². The lowest BCUT2D eigenvalue weighted by molar-refractivity contribution is 0.619. The van der Waals surface area contributed by atoms with E-state index in [4.69, 9.17) is 0 Å². The summed E-state index contributed by atoms with van der Waals surface area (Å²) in [6.07, 6.45) is 0. The number of hydrogen-bond acceptors (Lipinski definition) is 1. The molecule has 1 fully saturated rings. The van der Waals surface area contributed by atoms with Crippen molar-refractivity contribution in [2.24, 2.45) is 5.92 Å². The van der Waals surface area contributed by atoms with Crippen molar-refractivity contribution < 1.29 is 0 Å². The molecule has 1 heteroatoms. The molecular formula is C11H15N. The first-order valence-electron chi connectivity index (χ1n) is 4.60. The average molecular weight is 161 g/mol. The number of hydrogen-bond donors (Lipinski definition) is 1. The van der Waals surface area contributed by atoms with Crippen LogP contribution < -0.4 is 5.32 Å². The summed E-state index contributed by atoms with van der Waals surface area (Å²) < 4.78 is 0. The molecule has 1 saturated heterocycles. The van der Waals surface area contributed by atoms with Crippen molar-refractivity contribution >= 4 is 0 Å². The second kappa shape index (κ2) is 2.91. The molecule has 2 atom stereocenters. The number of rotatable bonds is 2. The topological polar surface area (TPSA) is 21.9 Å². The van der Waals surface area contributed by atoms with Gasteiger partial charge in [-0.25, -0.2) is 0 Å². The molecule has 0 unspecified atom stereocenters. The van der Waals surface area contributed by atoms with Crippen molar-refractivity contribution in [1.82, 2.24) is 5.32 Å². The van der Waals surface area contributed by atoms with Crippen LogP contribution in [-0.4, -0.2) is 6.04 Å². The van der Waals surface area contributed by atoms with Crippen LogP contribution in [0.1, 0.15) is 25.5 Å². The molecule has 0 aromatic heterocycles. The fourth-order valence-corrected chi connectivity index (χ4v) is 1.69. The Bertz CT molecular complexity index is 253. The highest BCUT2D eigenvalue weighted by Gasteiger charge is 2.38. The van der Waals surface area contributed by atoms with Gasteiger partial charge in [-0.3, -0.25) is 0 Å². The van der Waals surface area contributed by atoms with E-state index < -0.39 is 0 Å². The van der Waals surface area contributed by atoms with E-state index in [1.54, 1.807) is 0 Å². The summed E-state index contributed by atoms with van der Waals surface area (Å²) in [5.41, 5.74) is 1.43. The first kappa shape index (κ1) is 7.81. The van der Waals surface area contributed by atoms with Crippen LogP contribution in [-0.2, 0) is 0 Å². The van der Waals surface area contributed by atoms with Crippen molar-refractivity contribution in [3.05, 3.63) is 35.9 Å². The minimum Gasteiger partial charge on any atom is -0.304 e. The monoisotopic (exact) mass is 161 g/mol. The Morgan fingerprint density at radius 3 is 2.33 bits per heavy atom. The van der Waals surface area contributed by atoms with Crippen LogP contribution in [0.15, 0.2) is 30.3 Å². The Kier molecular flexibility index (Phi) is 1.89. The third kappa shape index (κ3) is 1.37. The van der Waals surface area contributed by atoms with Crippen LogP contribution >= 0.6 is 0 Å². The molecule has 0 spiro atoms. The van der Waals surface area contributed by atoms with Crippen LogP contribution in [0.5, 0.6) is 0 Å². The second-order valence-electron chi connectivity index (χ2n) is 3.82. The van der Waals surface area contributed by atoms with Gasteiger partial charge in [0.15, 0.2) is 0 Å². The molecule has 0 saturated carbocycles. The highest BCUT2D eigenvalue weighted by Crippen LogP contribution is 2.33. The van der Waals surface area contributed by atoms with E-state index in [1.165, 1.54) is 5.56 Å². The fourth-order valence-electron chi connectivity index (χ4n) is 1.69. The first-order valence-corrected chi connectivity index (χ1v) is 4.60. The molecule has 1 aliphatic rings. The second-order valence-corrected chi connectivity index (χ2v) is 3.82. The SMILES string of the molecule is CC(C)[C@H]1N[C@H]1c1ccccc1. The van der Waals surface area contributed by atoms with Gasteiger partial charge in [-0.2, -0.15) is 0 Å². The maximum atomic E-state index is 3.48. The molecule has 0 bridgehead atoms. The summed E-state index contributed by atoms with van der Waals surface area (Å²) in [5.74, 6) is 0.746. The number of nitrogens with one attached hydrogen (secondary N) is 1. The van der Waals surface area contributed by atoms with Crippen LogP contribution in [0, 0.1) is 5.92 Å². The average Bonchev–Trinajstić information content (AvgIpc) is 2.84. The molecular weight excluding hydrogens is 146 g/mol. The maximum Gasteiger partial charge on any atom is 0.0481 e. The lowest BCUT2D eigenvalue weighted by Crippen LogP contribution is -2.00. The van der Waals surface area contributed by atoms with Crippen LogP contribution in [0.4, 0.5) is 0 Å². The summed E-state index contributed by atoms with van der Waals surface area (Å²) in [4.78, 5) is 0. The summed E-state index contributed by atoms with van der Waals surface area (Å²) in [7, 11) is 0. The summed E-state index contributed by atoms with van der Waals surface area (Å²) >= 11 is 0. The molecule has 1 nitrogen and oxygen atoms in total. The Hall–Kier alpha value is -0.820. The molecule has 1 N–H and O–H groups in total. The molecule has 1 aliphatic heterocycles. The van der Waals surface area contributed by atoms with Gasteiger partial charge in [0, 0.05) is 12.1 Å². The Labute approximate surface area is 73.8 Å². The zero-order valence-corrected chi connectivity index (χ0v) is 7.62. The number of benzene rings is 1. The summed E-state index contributed by atoms with van der Waals surface area (Å²) in [6.45, 7) is 4.53. The lowest BCUT2D eigenvalue weighted by atomic mass is 10.0. The van der Waals surface area contributed by atoms with Crippen molar-refractivity contribution in [2.75, 3.05) is 0 Å². The third-order valence-electron chi connectivity index (χ3n) is 2.50. The standard InChI is InChI=1S/C11H15N/c1-8(2)10-11(12-10)9-6-4-3-5-7-9/h3-8,10-12H,1-2H3/t10-,11+/m1/s1. The van der Waals surface area contributed by atoms with Gasteiger partial charge in [-0.1, -0.05) is 44.2 Å². The fraction of sp³-hybridized carbons (Fsp3) is 0.455. The van der Waals surface area contributed by atoms with E-state index in [0.717, 1.165) is 5.92 Å². The van der Waals surface area contributed by atoms with Crippen molar-refractivity contribution in [3.8, 4) is 0 Å². The molecule has 1 aromatic rings. The minimum atomic E-state index is 0.617. The molecule has 12 heavy (non-hydrogen) atoms. The van der Waals surface area contributed by atoms with E-state index in [-0.39, 0.29) is 0 Å². The lowest BCUT2D eigenvalue weighted by Gasteiger charge is -1.99. The Morgan fingerprint density at radius 2 is 1.83 bits per heavy atom. The van der Waals surface area contributed by atoms with E-state index >= 15 is 0 Å². The quantitative estimate of drug-likeness (QED) is 0.661. The van der Waals surface area contributed by atoms with Crippen LogP contribution in [0.25, 0.3) is 0 Å². The Morgan fingerprint density at radius 1 is 1.17 bits per heavy atom. The van der Waals surface area contributed by atoms with E-state index in [2.05, 4.69) is 49.5 Å². The maximum absolute atomic E-state index is 3.48. The summed E-state index contributed by atoms with van der Waals surface area (Å²) in [5, 5.41) is 3.48. The molecule has 0 radical (unpaired) electrons. The highest BCUT2D eigenvalue weighted by molar-refractivity contribution is 5.26. The smallest absolute Gasteiger partial charge is 0.0481 e. The van der Waals surface area contributed by atoms with Crippen LogP contribution in [0.3, 0.4) is 0 Å². The van der Waals surface area contributed by atoms with Gasteiger partial charge in [0.25, 0.3) is 0 Å². The summed E-state index contributed by atoms with van der Waals surface area (Å²) in [6, 6.07) is 12.0. The van der Waals surface area contributed by atoms with Crippen molar-refractivity contribution in [1.29, 1.82) is 0 Å². The van der Waals surface area contributed by atoms with Crippen molar-refractivity contribution in [2.45, 2.75) is 25.9 Å². The van der Waals surface area contributed by atoms with E-state index in [1.807, 2.05) is 0 Å². The molecule has 1 aromatic carbocycles. The molecule has 0 aliphatic carbocycles. The molecule has 1 heterocycles. The van der Waals surface area contributed by atoms with Gasteiger partial charge in [-0.05, 0) is 11.5 Å². The molecule has 0 amide bonds. The van der Waals surface area contributed by atoms with Gasteiger partial charge < -0.3 is 5.32 Å². The van der Waals surface area contributed by atoms with Gasteiger partial charge in [0.05, 0.1) is 0 Å². The van der Waals surface area contributed by atoms with Gasteiger partial charge >= 0.3 is 0 Å². The third-order valence-corrected chi connectivity index (χ3v) is 2.50. The van der Waals surface area contributed by atoms with Gasteiger partial charge in [0.1, 0.15) is 0 Å².